The van der Waals surface area contributed by atoms with E-state index in [-0.39, 0.29) is 24.5 Å². The first kappa shape index (κ1) is 23.9. The number of carbonyl (C=O) groups is 2. The van der Waals surface area contributed by atoms with Gasteiger partial charge >= 0.3 is 0 Å². The van der Waals surface area contributed by atoms with Crippen LogP contribution >= 0.6 is 15.9 Å². The molecular weight excluding hydrogens is 444 g/mol. The van der Waals surface area contributed by atoms with Crippen LogP contribution in [0.25, 0.3) is 0 Å². The van der Waals surface area contributed by atoms with Crippen molar-refractivity contribution in [2.45, 2.75) is 59.7 Å². The predicted octanol–water partition coefficient (Wildman–Crippen LogP) is 4.78. The topological polar surface area (TPSA) is 58.6 Å². The van der Waals surface area contributed by atoms with Crippen LogP contribution < -0.4 is 10.1 Å². The van der Waals surface area contributed by atoms with Crippen LogP contribution in [-0.4, -0.2) is 35.4 Å². The van der Waals surface area contributed by atoms with Gasteiger partial charge in [-0.1, -0.05) is 52.7 Å². The molecule has 0 aromatic heterocycles. The number of carbonyl (C=O) groups excluding carboxylic acids is 2. The predicted molar refractivity (Wildman–Crippen MR) is 123 cm³/mol. The molecule has 0 saturated carbocycles. The number of rotatable bonds is 9. The molecule has 6 heteroatoms. The number of hydrogen-bond acceptors (Lipinski definition) is 3. The van der Waals surface area contributed by atoms with E-state index in [4.69, 9.17) is 4.74 Å². The molecule has 1 N–H and O–H groups in total. The Balaban J connectivity index is 2.18. The number of ether oxygens (including phenoxy) is 1. The lowest BCUT2D eigenvalue weighted by Crippen LogP contribution is -2.50. The van der Waals surface area contributed by atoms with Gasteiger partial charge in [0.15, 0.2) is 6.61 Å². The molecule has 0 aliphatic carbocycles. The van der Waals surface area contributed by atoms with E-state index in [0.29, 0.717) is 12.3 Å². The summed E-state index contributed by atoms with van der Waals surface area (Å²) < 4.78 is 6.72. The van der Waals surface area contributed by atoms with Gasteiger partial charge in [-0.2, -0.15) is 0 Å². The fourth-order valence-electron chi connectivity index (χ4n) is 3.06. The molecule has 30 heavy (non-hydrogen) atoms. The van der Waals surface area contributed by atoms with Crippen molar-refractivity contribution >= 4 is 27.7 Å². The number of hydrogen-bond donors (Lipinski definition) is 1. The van der Waals surface area contributed by atoms with Gasteiger partial charge in [-0.05, 0) is 63.4 Å². The molecule has 0 unspecified atom stereocenters. The van der Waals surface area contributed by atoms with Crippen molar-refractivity contribution < 1.29 is 14.3 Å². The summed E-state index contributed by atoms with van der Waals surface area (Å²) in [7, 11) is 0. The van der Waals surface area contributed by atoms with Crippen LogP contribution in [0.1, 0.15) is 43.9 Å². The highest BCUT2D eigenvalue weighted by Crippen LogP contribution is 2.20. The summed E-state index contributed by atoms with van der Waals surface area (Å²) in [6.45, 7) is 9.88. The molecule has 2 rings (SSSR count). The minimum absolute atomic E-state index is 0.0502. The van der Waals surface area contributed by atoms with Crippen LogP contribution in [0.2, 0.25) is 0 Å². The first-order valence-corrected chi connectivity index (χ1v) is 11.0. The van der Waals surface area contributed by atoms with Crippen LogP contribution in [0.4, 0.5) is 0 Å². The molecule has 0 aliphatic heterocycles. The molecule has 0 bridgehead atoms. The minimum Gasteiger partial charge on any atom is -0.483 e. The zero-order chi connectivity index (χ0) is 22.3. The summed E-state index contributed by atoms with van der Waals surface area (Å²) >= 11 is 3.46. The second kappa shape index (κ2) is 11.2. The highest BCUT2D eigenvalue weighted by Gasteiger charge is 2.27. The van der Waals surface area contributed by atoms with Gasteiger partial charge in [-0.3, -0.25) is 9.59 Å². The summed E-state index contributed by atoms with van der Waals surface area (Å²) in [5.41, 5.74) is 3.05. The molecular formula is C24H31BrN2O3. The quantitative estimate of drug-likeness (QED) is 0.568. The molecule has 2 aromatic rings. The van der Waals surface area contributed by atoms with E-state index >= 15 is 0 Å². The summed E-state index contributed by atoms with van der Waals surface area (Å²) in [6, 6.07) is 13.0. The molecule has 162 valence electrons. The lowest BCUT2D eigenvalue weighted by Gasteiger charge is -2.29. The molecule has 0 aliphatic rings. The molecule has 0 fully saturated rings. The Labute approximate surface area is 187 Å². The van der Waals surface area contributed by atoms with Crippen molar-refractivity contribution in [3.63, 3.8) is 0 Å². The average molecular weight is 475 g/mol. The van der Waals surface area contributed by atoms with E-state index in [0.717, 1.165) is 27.6 Å². The molecule has 5 nitrogen and oxygen atoms in total. The number of halogens is 1. The van der Waals surface area contributed by atoms with E-state index < -0.39 is 6.04 Å². The summed E-state index contributed by atoms with van der Waals surface area (Å²) in [5.74, 6) is 0.272. The smallest absolute Gasteiger partial charge is 0.261 e. The van der Waals surface area contributed by atoms with E-state index in [9.17, 15) is 9.59 Å². The van der Waals surface area contributed by atoms with Crippen molar-refractivity contribution in [2.75, 3.05) is 6.61 Å². The third kappa shape index (κ3) is 6.87. The highest BCUT2D eigenvalue weighted by molar-refractivity contribution is 9.10. The Kier molecular flexibility index (Phi) is 8.90. The summed E-state index contributed by atoms with van der Waals surface area (Å²) in [6.07, 6.45) is 0.827. The van der Waals surface area contributed by atoms with Gasteiger partial charge in [0, 0.05) is 17.1 Å². The van der Waals surface area contributed by atoms with E-state index in [1.807, 2.05) is 70.2 Å². The van der Waals surface area contributed by atoms with Crippen molar-refractivity contribution in [1.29, 1.82) is 0 Å². The molecule has 2 amide bonds. The average Bonchev–Trinajstić information content (AvgIpc) is 2.70. The minimum atomic E-state index is -0.617. The lowest BCUT2D eigenvalue weighted by atomic mass is 10.1. The summed E-state index contributed by atoms with van der Waals surface area (Å²) in [5, 5.41) is 2.97. The van der Waals surface area contributed by atoms with E-state index in [2.05, 4.69) is 21.2 Å². The SMILES string of the molecule is CC[C@@H](C)NC(=O)[C@H](C)N(Cc1cccc(Br)c1)C(=O)COc1ccc(C)cc1C. The normalized spacial score (nSPS) is 12.7. The second-order valence-electron chi connectivity index (χ2n) is 7.70. The van der Waals surface area contributed by atoms with Crippen molar-refractivity contribution in [3.05, 3.63) is 63.6 Å². The van der Waals surface area contributed by atoms with Gasteiger partial charge in [0.05, 0.1) is 0 Å². The molecule has 0 saturated heterocycles. The third-order valence-electron chi connectivity index (χ3n) is 5.09. The number of nitrogens with zero attached hydrogens (tertiary/aromatic N) is 1. The van der Waals surface area contributed by atoms with E-state index in [1.165, 1.54) is 0 Å². The molecule has 0 radical (unpaired) electrons. The fraction of sp³-hybridized carbons (Fsp3) is 0.417. The maximum absolute atomic E-state index is 13.1. The monoisotopic (exact) mass is 474 g/mol. The summed E-state index contributed by atoms with van der Waals surface area (Å²) in [4.78, 5) is 27.4. The number of benzene rings is 2. The van der Waals surface area contributed by atoms with Gasteiger partial charge < -0.3 is 15.0 Å². The Bertz CT molecular complexity index is 885. The Morgan fingerprint density at radius 3 is 2.50 bits per heavy atom. The van der Waals surface area contributed by atoms with Crippen LogP contribution in [0.15, 0.2) is 46.9 Å². The second-order valence-corrected chi connectivity index (χ2v) is 8.62. The largest absolute Gasteiger partial charge is 0.483 e. The maximum atomic E-state index is 13.1. The molecule has 0 spiro atoms. The standard InChI is InChI=1S/C24H31BrN2O3/c1-6-18(4)26-24(29)19(5)27(14-20-8-7-9-21(25)13-20)23(28)15-30-22-11-10-16(2)12-17(22)3/h7-13,18-19H,6,14-15H2,1-5H3,(H,26,29)/t18-,19+/m1/s1. The zero-order valence-electron chi connectivity index (χ0n) is 18.4. The van der Waals surface area contributed by atoms with Crippen molar-refractivity contribution in [3.8, 4) is 5.75 Å². The molecule has 2 aromatic carbocycles. The maximum Gasteiger partial charge on any atom is 0.261 e. The van der Waals surface area contributed by atoms with Crippen LogP contribution in [-0.2, 0) is 16.1 Å². The lowest BCUT2D eigenvalue weighted by molar-refractivity contribution is -0.142. The van der Waals surface area contributed by atoms with Gasteiger partial charge in [0.1, 0.15) is 11.8 Å². The van der Waals surface area contributed by atoms with Crippen LogP contribution in [0, 0.1) is 13.8 Å². The molecule has 0 heterocycles. The van der Waals surface area contributed by atoms with E-state index in [1.54, 1.807) is 11.8 Å². The van der Waals surface area contributed by atoms with Crippen molar-refractivity contribution in [1.82, 2.24) is 10.2 Å². The van der Waals surface area contributed by atoms with Gasteiger partial charge in [0.25, 0.3) is 5.91 Å². The zero-order valence-corrected chi connectivity index (χ0v) is 20.0. The fourth-order valence-corrected chi connectivity index (χ4v) is 3.51. The molecule has 2 atom stereocenters. The highest BCUT2D eigenvalue weighted by atomic mass is 79.9. The van der Waals surface area contributed by atoms with Crippen LogP contribution in [0.5, 0.6) is 5.75 Å². The third-order valence-corrected chi connectivity index (χ3v) is 5.59. The van der Waals surface area contributed by atoms with Crippen molar-refractivity contribution in [2.24, 2.45) is 0 Å². The Morgan fingerprint density at radius 2 is 1.87 bits per heavy atom. The van der Waals surface area contributed by atoms with Crippen LogP contribution in [0.3, 0.4) is 0 Å². The van der Waals surface area contributed by atoms with Gasteiger partial charge in [-0.25, -0.2) is 0 Å². The van der Waals surface area contributed by atoms with Gasteiger partial charge in [-0.15, -0.1) is 0 Å². The van der Waals surface area contributed by atoms with Gasteiger partial charge in [0.2, 0.25) is 5.91 Å². The Morgan fingerprint density at radius 1 is 1.13 bits per heavy atom. The first-order valence-electron chi connectivity index (χ1n) is 10.3. The first-order chi connectivity index (χ1) is 14.2. The number of amides is 2. The number of aryl methyl sites for hydroxylation is 2. The Hall–Kier alpha value is -2.34. The number of nitrogens with one attached hydrogen (secondary N) is 1.